The van der Waals surface area contributed by atoms with Crippen LogP contribution in [0.3, 0.4) is 0 Å². The van der Waals surface area contributed by atoms with E-state index in [1.165, 1.54) is 11.3 Å². The summed E-state index contributed by atoms with van der Waals surface area (Å²) in [6.07, 6.45) is 3.43. The van der Waals surface area contributed by atoms with Crippen molar-refractivity contribution in [2.24, 2.45) is 5.41 Å². The molecule has 3 aromatic rings. The number of nitrogens with zero attached hydrogens (tertiary/aromatic N) is 3. The summed E-state index contributed by atoms with van der Waals surface area (Å²) in [6, 6.07) is 7.91. The molecule has 5 rings (SSSR count). The van der Waals surface area contributed by atoms with Crippen LogP contribution in [-0.4, -0.2) is 20.9 Å². The molecule has 2 heterocycles. The van der Waals surface area contributed by atoms with Gasteiger partial charge in [0, 0.05) is 17.0 Å². The van der Waals surface area contributed by atoms with Crippen molar-refractivity contribution < 1.29 is 4.79 Å². The maximum atomic E-state index is 13.5. The monoisotopic (exact) mass is 364 g/mol. The highest BCUT2D eigenvalue weighted by molar-refractivity contribution is 7.13. The first-order valence-corrected chi connectivity index (χ1v) is 9.77. The molecule has 5 nitrogen and oxygen atoms in total. The Kier molecular flexibility index (Phi) is 2.98. The minimum atomic E-state index is -0.681. The van der Waals surface area contributed by atoms with Crippen molar-refractivity contribution in [3.05, 3.63) is 47.2 Å². The van der Waals surface area contributed by atoms with Crippen LogP contribution in [0.15, 0.2) is 35.8 Å². The van der Waals surface area contributed by atoms with Crippen LogP contribution in [0.4, 0.5) is 5.13 Å². The van der Waals surface area contributed by atoms with Gasteiger partial charge in [0.1, 0.15) is 0 Å². The third kappa shape index (κ3) is 1.66. The van der Waals surface area contributed by atoms with Crippen molar-refractivity contribution in [2.45, 2.75) is 44.4 Å². The quantitative estimate of drug-likeness (QED) is 0.745. The first kappa shape index (κ1) is 15.9. The Balaban J connectivity index is 1.75. The lowest BCUT2D eigenvalue weighted by molar-refractivity contribution is -0.125. The molecule has 26 heavy (non-hydrogen) atoms. The first-order chi connectivity index (χ1) is 12.4. The van der Waals surface area contributed by atoms with Crippen molar-refractivity contribution >= 4 is 33.4 Å². The Hall–Kier alpha value is -2.34. The fraction of sp³-hybridized carbons (Fsp3) is 0.400. The normalized spacial score (nSPS) is 28.3. The number of nitrogens with one attached hydrogen (secondary N) is 1. The molecule has 1 N–H and O–H groups in total. The third-order valence-corrected chi connectivity index (χ3v) is 7.67. The lowest BCUT2D eigenvalue weighted by atomic mass is 9.63. The number of para-hydroxylation sites is 2. The number of carbonyl (C=O) groups excluding carboxylic acids is 1. The molecule has 0 spiro atoms. The molecular formula is C20H20N4OS. The van der Waals surface area contributed by atoms with E-state index in [-0.39, 0.29) is 16.7 Å². The smallest absolute Gasteiger partial charge is 0.239 e. The summed E-state index contributed by atoms with van der Waals surface area (Å²) < 4.78 is 0. The topological polar surface area (TPSA) is 67.8 Å². The molecule has 0 unspecified atom stereocenters. The molecule has 1 fully saturated rings. The maximum absolute atomic E-state index is 13.5. The number of anilines is 1. The second-order valence-corrected chi connectivity index (χ2v) is 8.96. The van der Waals surface area contributed by atoms with Crippen LogP contribution in [0.2, 0.25) is 0 Å². The van der Waals surface area contributed by atoms with Crippen LogP contribution in [0.25, 0.3) is 11.0 Å². The van der Waals surface area contributed by atoms with Crippen LogP contribution in [0.5, 0.6) is 0 Å². The predicted molar refractivity (Wildman–Crippen MR) is 102 cm³/mol. The summed E-state index contributed by atoms with van der Waals surface area (Å²) in [5.74, 6) is -0.00972. The standard InChI is InChI=1S/C20H20N4OS/c1-18(2)19(3)8-9-20(18,16(25)24-17-21-10-11-26-17)15-14(19)22-12-6-4-5-7-13(12)23-15/h4-7,10-11H,8-9H2,1-3H3,(H,21,24,25)/t19-,20+/m0/s1. The van der Waals surface area contributed by atoms with Crippen molar-refractivity contribution in [3.8, 4) is 0 Å². The molecule has 2 aliphatic carbocycles. The third-order valence-electron chi connectivity index (χ3n) is 6.98. The van der Waals surface area contributed by atoms with Crippen molar-refractivity contribution in [2.75, 3.05) is 5.32 Å². The van der Waals surface area contributed by atoms with Gasteiger partial charge in [-0.25, -0.2) is 15.0 Å². The summed E-state index contributed by atoms with van der Waals surface area (Å²) in [4.78, 5) is 27.7. The molecule has 1 saturated carbocycles. The highest BCUT2D eigenvalue weighted by Crippen LogP contribution is 2.70. The minimum Gasteiger partial charge on any atom is -0.301 e. The number of aromatic nitrogens is 3. The zero-order valence-corrected chi connectivity index (χ0v) is 15.9. The van der Waals surface area contributed by atoms with Gasteiger partial charge in [0.25, 0.3) is 0 Å². The number of hydrogen-bond acceptors (Lipinski definition) is 5. The van der Waals surface area contributed by atoms with Crippen LogP contribution in [-0.2, 0) is 15.6 Å². The van der Waals surface area contributed by atoms with Crippen molar-refractivity contribution in [1.82, 2.24) is 15.0 Å². The highest BCUT2D eigenvalue weighted by atomic mass is 32.1. The molecule has 0 radical (unpaired) electrons. The van der Waals surface area contributed by atoms with E-state index in [0.717, 1.165) is 35.3 Å². The summed E-state index contributed by atoms with van der Waals surface area (Å²) in [5.41, 5.74) is 2.46. The van der Waals surface area contributed by atoms with E-state index in [0.29, 0.717) is 5.13 Å². The summed E-state index contributed by atoms with van der Waals surface area (Å²) in [6.45, 7) is 6.62. The van der Waals surface area contributed by atoms with E-state index in [1.807, 2.05) is 29.6 Å². The Morgan fingerprint density at radius 1 is 1.08 bits per heavy atom. The van der Waals surface area contributed by atoms with Crippen LogP contribution < -0.4 is 5.32 Å². The van der Waals surface area contributed by atoms with Gasteiger partial charge in [-0.2, -0.15) is 0 Å². The van der Waals surface area contributed by atoms with Crippen molar-refractivity contribution in [1.29, 1.82) is 0 Å². The molecule has 0 aliphatic heterocycles. The molecule has 2 atom stereocenters. The summed E-state index contributed by atoms with van der Waals surface area (Å²) >= 11 is 1.44. The molecule has 2 aromatic heterocycles. The Labute approximate surface area is 155 Å². The molecular weight excluding hydrogens is 344 g/mol. The molecule has 6 heteroatoms. The van der Waals surface area contributed by atoms with Crippen LogP contribution >= 0.6 is 11.3 Å². The zero-order chi connectivity index (χ0) is 18.2. The van der Waals surface area contributed by atoms with Gasteiger partial charge in [-0.1, -0.05) is 32.9 Å². The number of amides is 1. The fourth-order valence-corrected chi connectivity index (χ4v) is 5.56. The van der Waals surface area contributed by atoms with Gasteiger partial charge in [-0.3, -0.25) is 4.79 Å². The van der Waals surface area contributed by atoms with Gasteiger partial charge < -0.3 is 5.32 Å². The van der Waals surface area contributed by atoms with E-state index in [2.05, 4.69) is 31.1 Å². The number of thiazole rings is 1. The van der Waals surface area contributed by atoms with Crippen molar-refractivity contribution in [3.63, 3.8) is 0 Å². The average molecular weight is 364 g/mol. The van der Waals surface area contributed by atoms with E-state index < -0.39 is 5.41 Å². The van der Waals surface area contributed by atoms with Gasteiger partial charge in [-0.05, 0) is 30.4 Å². The summed E-state index contributed by atoms with van der Waals surface area (Å²) in [5, 5.41) is 5.55. The largest absolute Gasteiger partial charge is 0.301 e. The van der Waals surface area contributed by atoms with E-state index in [1.54, 1.807) is 6.20 Å². The van der Waals surface area contributed by atoms with E-state index in [4.69, 9.17) is 9.97 Å². The van der Waals surface area contributed by atoms with Gasteiger partial charge in [0.15, 0.2) is 5.13 Å². The van der Waals surface area contributed by atoms with Gasteiger partial charge in [0.2, 0.25) is 5.91 Å². The highest BCUT2D eigenvalue weighted by Gasteiger charge is 2.73. The van der Waals surface area contributed by atoms with Gasteiger partial charge in [-0.15, -0.1) is 11.3 Å². The lowest BCUT2D eigenvalue weighted by Gasteiger charge is -2.39. The number of fused-ring (bicyclic) bond motifs is 6. The van der Waals surface area contributed by atoms with Gasteiger partial charge >= 0.3 is 0 Å². The number of benzene rings is 1. The van der Waals surface area contributed by atoms with E-state index in [9.17, 15) is 4.79 Å². The average Bonchev–Trinajstić information content (AvgIpc) is 3.23. The molecule has 1 amide bonds. The van der Waals surface area contributed by atoms with Crippen LogP contribution in [0, 0.1) is 5.41 Å². The first-order valence-electron chi connectivity index (χ1n) is 8.89. The zero-order valence-electron chi connectivity index (χ0n) is 15.0. The SMILES string of the molecule is CC1(C)[C@@]2(C)CC[C@]1(C(=O)Nc1nccs1)c1nc3ccccc3nc12. The number of hydrogen-bond donors (Lipinski definition) is 1. The molecule has 2 bridgehead atoms. The molecule has 2 aliphatic rings. The number of carbonyl (C=O) groups is 1. The Bertz CT molecular complexity index is 1050. The second-order valence-electron chi connectivity index (χ2n) is 8.06. The fourth-order valence-electron chi connectivity index (χ4n) is 5.04. The minimum absolute atomic E-state index is 0.00972. The van der Waals surface area contributed by atoms with Crippen LogP contribution in [0.1, 0.15) is 45.0 Å². The Morgan fingerprint density at radius 2 is 1.77 bits per heavy atom. The Morgan fingerprint density at radius 3 is 2.42 bits per heavy atom. The predicted octanol–water partition coefficient (Wildman–Crippen LogP) is 4.05. The van der Waals surface area contributed by atoms with E-state index >= 15 is 0 Å². The molecule has 0 saturated heterocycles. The summed E-state index contributed by atoms with van der Waals surface area (Å²) in [7, 11) is 0. The van der Waals surface area contributed by atoms with Gasteiger partial charge in [0.05, 0.1) is 27.8 Å². The number of rotatable bonds is 2. The lowest BCUT2D eigenvalue weighted by Crippen LogP contribution is -2.48. The maximum Gasteiger partial charge on any atom is 0.239 e. The molecule has 1 aromatic carbocycles. The second kappa shape index (κ2) is 4.88. The molecule has 132 valence electrons.